The SMILES string of the molecule is CN(C)CCSc1ccc(Oc2c(C(=O)O)cccc2S(C)(=O)=O)cc1. The molecule has 0 aliphatic carbocycles. The van der Waals surface area contributed by atoms with Crippen LogP contribution in [0.15, 0.2) is 52.3 Å². The van der Waals surface area contributed by atoms with Crippen molar-refractivity contribution in [2.75, 3.05) is 32.6 Å². The number of ether oxygens (including phenoxy) is 1. The lowest BCUT2D eigenvalue weighted by molar-refractivity contribution is 0.0693. The lowest BCUT2D eigenvalue weighted by Crippen LogP contribution is -2.14. The summed E-state index contributed by atoms with van der Waals surface area (Å²) in [5, 5.41) is 9.34. The normalized spacial score (nSPS) is 11.5. The molecular formula is C18H21NO5S2. The second-order valence-corrected chi connectivity index (χ2v) is 9.09. The number of hydrogen-bond donors (Lipinski definition) is 1. The lowest BCUT2D eigenvalue weighted by Gasteiger charge is -2.13. The molecule has 0 radical (unpaired) electrons. The summed E-state index contributed by atoms with van der Waals surface area (Å²) in [6.07, 6.45) is 1.02. The largest absolute Gasteiger partial charge is 0.478 e. The van der Waals surface area contributed by atoms with Gasteiger partial charge in [-0.25, -0.2) is 13.2 Å². The molecule has 0 heterocycles. The second-order valence-electron chi connectivity index (χ2n) is 5.94. The molecule has 0 bridgehead atoms. The Morgan fingerprint density at radius 1 is 1.15 bits per heavy atom. The number of thioether (sulfide) groups is 1. The molecule has 2 aromatic carbocycles. The summed E-state index contributed by atoms with van der Waals surface area (Å²) in [4.78, 5) is 14.4. The lowest BCUT2D eigenvalue weighted by atomic mass is 10.2. The molecule has 26 heavy (non-hydrogen) atoms. The molecule has 2 rings (SSSR count). The molecule has 0 aromatic heterocycles. The number of aromatic carboxylic acids is 1. The maximum absolute atomic E-state index is 12.0. The average molecular weight is 396 g/mol. The highest BCUT2D eigenvalue weighted by Crippen LogP contribution is 2.33. The molecule has 2 aromatic rings. The van der Waals surface area contributed by atoms with Crippen LogP contribution in [0.25, 0.3) is 0 Å². The number of para-hydroxylation sites is 1. The summed E-state index contributed by atoms with van der Waals surface area (Å²) in [5.41, 5.74) is -0.197. The van der Waals surface area contributed by atoms with E-state index >= 15 is 0 Å². The van der Waals surface area contributed by atoms with Crippen molar-refractivity contribution in [2.45, 2.75) is 9.79 Å². The van der Waals surface area contributed by atoms with Crippen LogP contribution in [-0.2, 0) is 9.84 Å². The van der Waals surface area contributed by atoms with Gasteiger partial charge in [-0.1, -0.05) is 6.07 Å². The first-order chi connectivity index (χ1) is 12.2. The van der Waals surface area contributed by atoms with Crippen molar-refractivity contribution < 1.29 is 23.1 Å². The van der Waals surface area contributed by atoms with Gasteiger partial charge in [0.1, 0.15) is 16.2 Å². The van der Waals surface area contributed by atoms with Gasteiger partial charge in [0.2, 0.25) is 0 Å². The minimum Gasteiger partial charge on any atom is -0.478 e. The summed E-state index contributed by atoms with van der Waals surface area (Å²) < 4.78 is 29.6. The third kappa shape index (κ3) is 5.48. The monoisotopic (exact) mass is 395 g/mol. The Labute approximate surface area is 157 Å². The fraction of sp³-hybridized carbons (Fsp3) is 0.278. The number of benzene rings is 2. The number of carboxylic acid groups (broad SMARTS) is 1. The highest BCUT2D eigenvalue weighted by Gasteiger charge is 2.22. The predicted molar refractivity (Wildman–Crippen MR) is 102 cm³/mol. The van der Waals surface area contributed by atoms with E-state index in [1.165, 1.54) is 18.2 Å². The minimum absolute atomic E-state index is 0.151. The van der Waals surface area contributed by atoms with Gasteiger partial charge in [0, 0.05) is 23.4 Å². The highest BCUT2D eigenvalue weighted by atomic mass is 32.2. The van der Waals surface area contributed by atoms with E-state index in [0.717, 1.165) is 23.4 Å². The maximum atomic E-state index is 12.0. The first kappa shape index (κ1) is 20.3. The zero-order valence-electron chi connectivity index (χ0n) is 14.8. The van der Waals surface area contributed by atoms with Crippen molar-refractivity contribution in [1.82, 2.24) is 4.90 Å². The molecular weight excluding hydrogens is 374 g/mol. The van der Waals surface area contributed by atoms with Crippen LogP contribution in [-0.4, -0.2) is 57.0 Å². The van der Waals surface area contributed by atoms with E-state index in [-0.39, 0.29) is 16.2 Å². The van der Waals surface area contributed by atoms with Gasteiger partial charge in [0.15, 0.2) is 15.6 Å². The number of hydrogen-bond acceptors (Lipinski definition) is 6. The van der Waals surface area contributed by atoms with Crippen molar-refractivity contribution >= 4 is 27.6 Å². The molecule has 140 valence electrons. The molecule has 0 spiro atoms. The molecule has 0 fully saturated rings. The van der Waals surface area contributed by atoms with Crippen LogP contribution in [0.4, 0.5) is 0 Å². The molecule has 0 atom stereocenters. The van der Waals surface area contributed by atoms with Gasteiger partial charge in [-0.15, -0.1) is 11.8 Å². The molecule has 0 amide bonds. The van der Waals surface area contributed by atoms with Crippen molar-refractivity contribution in [2.24, 2.45) is 0 Å². The number of carboxylic acids is 1. The minimum atomic E-state index is -3.64. The van der Waals surface area contributed by atoms with Gasteiger partial charge in [-0.05, 0) is 50.5 Å². The van der Waals surface area contributed by atoms with E-state index in [1.54, 1.807) is 23.9 Å². The van der Waals surface area contributed by atoms with Gasteiger partial charge < -0.3 is 14.7 Å². The van der Waals surface area contributed by atoms with Crippen molar-refractivity contribution in [1.29, 1.82) is 0 Å². The van der Waals surface area contributed by atoms with Crippen LogP contribution in [0, 0.1) is 0 Å². The van der Waals surface area contributed by atoms with Gasteiger partial charge in [-0.2, -0.15) is 0 Å². The number of nitrogens with zero attached hydrogens (tertiary/aromatic N) is 1. The topological polar surface area (TPSA) is 83.9 Å². The average Bonchev–Trinajstić information content (AvgIpc) is 2.55. The Morgan fingerprint density at radius 3 is 2.35 bits per heavy atom. The maximum Gasteiger partial charge on any atom is 0.339 e. The Kier molecular flexibility index (Phi) is 6.69. The highest BCUT2D eigenvalue weighted by molar-refractivity contribution is 7.99. The first-order valence-electron chi connectivity index (χ1n) is 7.80. The number of carbonyl (C=O) groups is 1. The summed E-state index contributed by atoms with van der Waals surface area (Å²) >= 11 is 1.69. The summed E-state index contributed by atoms with van der Waals surface area (Å²) in [6, 6.07) is 11.2. The molecule has 0 aliphatic heterocycles. The molecule has 0 saturated heterocycles. The van der Waals surface area contributed by atoms with Gasteiger partial charge >= 0.3 is 5.97 Å². The van der Waals surface area contributed by atoms with Crippen LogP contribution in [0.3, 0.4) is 0 Å². The fourth-order valence-corrected chi connectivity index (χ4v) is 3.98. The molecule has 0 aliphatic rings. The second kappa shape index (κ2) is 8.57. The summed E-state index contributed by atoms with van der Waals surface area (Å²) in [7, 11) is 0.386. The van der Waals surface area contributed by atoms with Crippen LogP contribution in [0.2, 0.25) is 0 Å². The fourth-order valence-electron chi connectivity index (χ4n) is 2.15. The summed E-state index contributed by atoms with van der Waals surface area (Å²) in [6.45, 7) is 0.951. The zero-order chi connectivity index (χ0) is 19.3. The number of sulfone groups is 1. The standard InChI is InChI=1S/C18H21NO5S2/c1-19(2)11-12-25-14-9-7-13(8-10-14)24-17-15(18(20)21)5-4-6-16(17)26(3,22)23/h4-10H,11-12H2,1-3H3,(H,20,21). The van der Waals surface area contributed by atoms with Gasteiger partial charge in [0.05, 0.1) is 0 Å². The third-order valence-electron chi connectivity index (χ3n) is 3.46. The summed E-state index contributed by atoms with van der Waals surface area (Å²) in [5.74, 6) is -0.106. The molecule has 6 nitrogen and oxygen atoms in total. The van der Waals surface area contributed by atoms with Crippen LogP contribution in [0.1, 0.15) is 10.4 Å². The van der Waals surface area contributed by atoms with Crippen LogP contribution < -0.4 is 4.74 Å². The third-order valence-corrected chi connectivity index (χ3v) is 5.57. The number of rotatable bonds is 8. The van der Waals surface area contributed by atoms with E-state index in [0.29, 0.717) is 5.75 Å². The molecule has 8 heteroatoms. The smallest absolute Gasteiger partial charge is 0.339 e. The first-order valence-corrected chi connectivity index (χ1v) is 10.7. The molecule has 1 N–H and O–H groups in total. The van der Waals surface area contributed by atoms with E-state index in [2.05, 4.69) is 4.90 Å². The van der Waals surface area contributed by atoms with Crippen molar-refractivity contribution in [3.05, 3.63) is 48.0 Å². The molecule has 0 unspecified atom stereocenters. The van der Waals surface area contributed by atoms with Crippen LogP contribution >= 0.6 is 11.8 Å². The Balaban J connectivity index is 2.26. The quantitative estimate of drug-likeness (QED) is 0.687. The molecule has 0 saturated carbocycles. The Bertz CT molecular complexity index is 877. The predicted octanol–water partition coefficient (Wildman–Crippen LogP) is 3.23. The zero-order valence-corrected chi connectivity index (χ0v) is 16.4. The Hall–Kier alpha value is -2.03. The van der Waals surface area contributed by atoms with E-state index in [9.17, 15) is 18.3 Å². The Morgan fingerprint density at radius 2 is 1.81 bits per heavy atom. The van der Waals surface area contributed by atoms with Crippen molar-refractivity contribution in [3.63, 3.8) is 0 Å². The van der Waals surface area contributed by atoms with Crippen LogP contribution in [0.5, 0.6) is 11.5 Å². The van der Waals surface area contributed by atoms with E-state index in [1.807, 2.05) is 26.2 Å². The van der Waals surface area contributed by atoms with Gasteiger partial charge in [0.25, 0.3) is 0 Å². The van der Waals surface area contributed by atoms with E-state index in [4.69, 9.17) is 4.74 Å². The van der Waals surface area contributed by atoms with Gasteiger partial charge in [-0.3, -0.25) is 0 Å². The van der Waals surface area contributed by atoms with E-state index < -0.39 is 15.8 Å². The van der Waals surface area contributed by atoms with Crippen molar-refractivity contribution in [3.8, 4) is 11.5 Å².